The van der Waals surface area contributed by atoms with Gasteiger partial charge < -0.3 is 10.5 Å². The highest BCUT2D eigenvalue weighted by Gasteiger charge is 2.06. The molecule has 0 bridgehead atoms. The third-order valence-electron chi connectivity index (χ3n) is 2.25. The average molecular weight is 235 g/mol. The van der Waals surface area contributed by atoms with Crippen LogP contribution in [0.1, 0.15) is 31.7 Å². The van der Waals surface area contributed by atoms with Crippen molar-refractivity contribution in [1.82, 2.24) is 0 Å². The van der Waals surface area contributed by atoms with E-state index < -0.39 is 0 Å². The van der Waals surface area contributed by atoms with Gasteiger partial charge in [0.15, 0.2) is 11.6 Å². The topological polar surface area (TPSA) is 35.2 Å². The summed E-state index contributed by atoms with van der Waals surface area (Å²) in [4.78, 5) is 0. The molecule has 0 aliphatic heterocycles. The van der Waals surface area contributed by atoms with Gasteiger partial charge in [-0.3, -0.25) is 0 Å². The van der Waals surface area contributed by atoms with Crippen LogP contribution < -0.4 is 10.5 Å². The van der Waals surface area contributed by atoms with Crippen molar-refractivity contribution in [3.8, 4) is 17.6 Å². The van der Waals surface area contributed by atoms with E-state index in [2.05, 4.69) is 18.8 Å². The van der Waals surface area contributed by atoms with Crippen LogP contribution in [0, 0.1) is 17.7 Å². The number of hydrogen-bond acceptors (Lipinski definition) is 2. The van der Waals surface area contributed by atoms with Crippen molar-refractivity contribution < 1.29 is 9.13 Å². The normalized spacial score (nSPS) is 9.59. The lowest BCUT2D eigenvalue weighted by molar-refractivity contribution is 0.309. The first-order valence-corrected chi connectivity index (χ1v) is 5.85. The zero-order chi connectivity index (χ0) is 12.5. The summed E-state index contributed by atoms with van der Waals surface area (Å²) in [7, 11) is 0. The van der Waals surface area contributed by atoms with Gasteiger partial charge in [0.2, 0.25) is 0 Å². The number of unbranched alkanes of at least 4 members (excludes halogenated alkanes) is 1. The Labute approximate surface area is 102 Å². The van der Waals surface area contributed by atoms with Crippen LogP contribution in [0.3, 0.4) is 0 Å². The van der Waals surface area contributed by atoms with E-state index in [0.29, 0.717) is 18.6 Å². The molecule has 0 unspecified atom stereocenters. The van der Waals surface area contributed by atoms with E-state index in [1.54, 1.807) is 18.2 Å². The lowest BCUT2D eigenvalue weighted by atomic mass is 10.2. The van der Waals surface area contributed by atoms with Gasteiger partial charge in [-0.1, -0.05) is 25.0 Å². The van der Waals surface area contributed by atoms with Gasteiger partial charge in [0, 0.05) is 24.9 Å². The summed E-state index contributed by atoms with van der Waals surface area (Å²) >= 11 is 0. The van der Waals surface area contributed by atoms with Crippen molar-refractivity contribution in [2.45, 2.75) is 32.7 Å². The van der Waals surface area contributed by atoms with Gasteiger partial charge in [-0.2, -0.15) is 0 Å². The molecule has 0 fully saturated rings. The fourth-order valence-electron chi connectivity index (χ4n) is 1.34. The molecule has 0 heterocycles. The van der Waals surface area contributed by atoms with E-state index in [1.807, 2.05) is 0 Å². The number of halogens is 1. The van der Waals surface area contributed by atoms with Crippen LogP contribution in [0.5, 0.6) is 5.75 Å². The summed E-state index contributed by atoms with van der Waals surface area (Å²) in [6.07, 6.45) is 2.57. The third-order valence-corrected chi connectivity index (χ3v) is 2.25. The molecule has 0 aliphatic carbocycles. The van der Waals surface area contributed by atoms with Gasteiger partial charge in [-0.15, -0.1) is 5.92 Å². The molecule has 92 valence electrons. The first-order chi connectivity index (χ1) is 8.29. The summed E-state index contributed by atoms with van der Waals surface area (Å²) in [6, 6.07) is 5.00. The van der Waals surface area contributed by atoms with Gasteiger partial charge in [0.1, 0.15) is 0 Å². The molecular weight excluding hydrogens is 217 g/mol. The Kier molecular flexibility index (Phi) is 6.13. The molecular formula is C14H18FNO. The monoisotopic (exact) mass is 235 g/mol. The van der Waals surface area contributed by atoms with Crippen LogP contribution in [-0.4, -0.2) is 6.61 Å². The van der Waals surface area contributed by atoms with Crippen molar-refractivity contribution in [3.05, 3.63) is 29.6 Å². The fraction of sp³-hybridized carbons (Fsp3) is 0.429. The zero-order valence-corrected chi connectivity index (χ0v) is 10.1. The number of benzene rings is 1. The summed E-state index contributed by atoms with van der Waals surface area (Å²) in [5.74, 6) is 5.89. The van der Waals surface area contributed by atoms with Gasteiger partial charge in [-0.25, -0.2) is 4.39 Å². The number of nitrogens with two attached hydrogens (primary N) is 1. The molecule has 0 aliphatic rings. The molecule has 3 heteroatoms. The molecule has 17 heavy (non-hydrogen) atoms. The van der Waals surface area contributed by atoms with E-state index >= 15 is 0 Å². The number of hydrogen-bond donors (Lipinski definition) is 1. The molecule has 2 N–H and O–H groups in total. The van der Waals surface area contributed by atoms with Gasteiger partial charge in [0.25, 0.3) is 0 Å². The Morgan fingerprint density at radius 3 is 2.76 bits per heavy atom. The quantitative estimate of drug-likeness (QED) is 0.629. The second-order valence-corrected chi connectivity index (χ2v) is 3.64. The molecule has 1 rings (SSSR count). The van der Waals surface area contributed by atoms with Crippen molar-refractivity contribution in [2.24, 2.45) is 5.73 Å². The van der Waals surface area contributed by atoms with Crippen LogP contribution >= 0.6 is 0 Å². The number of ether oxygens (including phenoxy) is 1. The van der Waals surface area contributed by atoms with Crippen molar-refractivity contribution in [2.75, 3.05) is 6.61 Å². The largest absolute Gasteiger partial charge is 0.490 e. The average Bonchev–Trinajstić information content (AvgIpc) is 2.35. The number of rotatable bonds is 5. The Morgan fingerprint density at radius 2 is 2.06 bits per heavy atom. The summed E-state index contributed by atoms with van der Waals surface area (Å²) in [6.45, 7) is 2.67. The van der Waals surface area contributed by atoms with E-state index in [-0.39, 0.29) is 18.1 Å². The molecule has 0 saturated heterocycles. The first kappa shape index (κ1) is 13.5. The minimum Gasteiger partial charge on any atom is -0.490 e. The van der Waals surface area contributed by atoms with Crippen LogP contribution in [0.2, 0.25) is 0 Å². The van der Waals surface area contributed by atoms with Crippen molar-refractivity contribution >= 4 is 0 Å². The first-order valence-electron chi connectivity index (χ1n) is 5.85. The Morgan fingerprint density at radius 1 is 1.29 bits per heavy atom. The minimum atomic E-state index is -0.364. The summed E-state index contributed by atoms with van der Waals surface area (Å²) < 4.78 is 19.0. The Bertz CT molecular complexity index is 406. The molecule has 0 amide bonds. The van der Waals surface area contributed by atoms with Crippen molar-refractivity contribution in [3.63, 3.8) is 0 Å². The standard InChI is InChI=1S/C14H18FNO/c1-2-3-4-5-6-10-17-13-9-7-8-12(11-16)14(13)15/h7-9H,2-3,6,10-11,16H2,1H3. The second kappa shape index (κ2) is 7.70. The van der Waals surface area contributed by atoms with Crippen LogP contribution in [0.15, 0.2) is 18.2 Å². The van der Waals surface area contributed by atoms with Crippen molar-refractivity contribution in [1.29, 1.82) is 0 Å². The summed E-state index contributed by atoms with van der Waals surface area (Å²) in [5, 5.41) is 0. The van der Waals surface area contributed by atoms with Crippen LogP contribution in [0.4, 0.5) is 4.39 Å². The SMILES string of the molecule is CCCC#CCCOc1cccc(CN)c1F. The predicted octanol–water partition coefficient (Wildman–Crippen LogP) is 2.86. The molecule has 0 radical (unpaired) electrons. The van der Waals surface area contributed by atoms with Crippen LogP contribution in [0.25, 0.3) is 0 Å². The fourth-order valence-corrected chi connectivity index (χ4v) is 1.34. The smallest absolute Gasteiger partial charge is 0.169 e. The third kappa shape index (κ3) is 4.46. The maximum atomic E-state index is 13.7. The van der Waals surface area contributed by atoms with Gasteiger partial charge in [0.05, 0.1) is 6.61 Å². The maximum Gasteiger partial charge on any atom is 0.169 e. The molecule has 0 aromatic heterocycles. The van der Waals surface area contributed by atoms with Gasteiger partial charge >= 0.3 is 0 Å². The predicted molar refractivity (Wildman–Crippen MR) is 67.1 cm³/mol. The summed E-state index contributed by atoms with van der Waals surface area (Å²) in [5.41, 5.74) is 5.88. The van der Waals surface area contributed by atoms with E-state index in [9.17, 15) is 4.39 Å². The molecule has 0 saturated carbocycles. The molecule has 1 aromatic carbocycles. The second-order valence-electron chi connectivity index (χ2n) is 3.64. The van der Waals surface area contributed by atoms with E-state index in [0.717, 1.165) is 12.8 Å². The molecule has 1 aromatic rings. The highest BCUT2D eigenvalue weighted by atomic mass is 19.1. The zero-order valence-electron chi connectivity index (χ0n) is 10.1. The molecule has 2 nitrogen and oxygen atoms in total. The van der Waals surface area contributed by atoms with Crippen LogP contribution in [-0.2, 0) is 6.54 Å². The molecule has 0 spiro atoms. The minimum absolute atomic E-state index is 0.180. The highest BCUT2D eigenvalue weighted by Crippen LogP contribution is 2.20. The highest BCUT2D eigenvalue weighted by molar-refractivity contribution is 5.30. The van der Waals surface area contributed by atoms with E-state index in [4.69, 9.17) is 10.5 Å². The van der Waals surface area contributed by atoms with E-state index in [1.165, 1.54) is 0 Å². The maximum absolute atomic E-state index is 13.7. The Hall–Kier alpha value is -1.53. The van der Waals surface area contributed by atoms with Gasteiger partial charge in [-0.05, 0) is 12.5 Å². The lowest BCUT2D eigenvalue weighted by Crippen LogP contribution is -2.03. The molecule has 0 atom stereocenters. The Balaban J connectivity index is 2.45. The lowest BCUT2D eigenvalue weighted by Gasteiger charge is -2.07.